The van der Waals surface area contributed by atoms with Crippen LogP contribution in [0.3, 0.4) is 0 Å². The number of amides is 1. The van der Waals surface area contributed by atoms with Crippen LogP contribution in [-0.2, 0) is 14.8 Å². The number of methoxy groups -OCH3 is 1. The number of aromatic nitrogens is 1. The zero-order chi connectivity index (χ0) is 25.2. The zero-order valence-corrected chi connectivity index (χ0v) is 21.8. The summed E-state index contributed by atoms with van der Waals surface area (Å²) in [6.07, 6.45) is 5.61. The van der Waals surface area contributed by atoms with Crippen molar-refractivity contribution in [3.8, 4) is 5.75 Å². The Morgan fingerprint density at radius 3 is 2.31 bits per heavy atom. The number of rotatable bonds is 6. The molecule has 0 bridgehead atoms. The molecule has 2 fully saturated rings. The summed E-state index contributed by atoms with van der Waals surface area (Å²) in [5.74, 6) is 2.00. The molecule has 4 rings (SSSR count). The molecule has 0 radical (unpaired) electrons. The fourth-order valence-electron chi connectivity index (χ4n) is 5.26. The molecule has 0 N–H and O–H groups in total. The number of likely N-dealkylation sites (tertiary alicyclic amines) is 1. The van der Waals surface area contributed by atoms with E-state index in [4.69, 9.17) is 9.26 Å². The van der Waals surface area contributed by atoms with Gasteiger partial charge in [0.2, 0.25) is 15.9 Å². The summed E-state index contributed by atoms with van der Waals surface area (Å²) in [5.41, 5.74) is 1.21. The van der Waals surface area contributed by atoms with E-state index in [0.29, 0.717) is 43.5 Å². The highest BCUT2D eigenvalue weighted by Crippen LogP contribution is 2.31. The lowest BCUT2D eigenvalue weighted by Crippen LogP contribution is -2.48. The zero-order valence-electron chi connectivity index (χ0n) is 20.9. The SMILES string of the molecule is COc1ccc(/C=C\c2onc(C)c2S(=O)(=O)N2CCC(C(=O)N3CC(C)CC(C)C3)CC2)cc1. The van der Waals surface area contributed by atoms with E-state index in [2.05, 4.69) is 19.0 Å². The molecule has 8 nitrogen and oxygen atoms in total. The van der Waals surface area contributed by atoms with Crippen LogP contribution in [0.25, 0.3) is 12.2 Å². The summed E-state index contributed by atoms with van der Waals surface area (Å²) in [6, 6.07) is 7.41. The Balaban J connectivity index is 1.44. The molecule has 1 aromatic heterocycles. The number of nitrogens with zero attached hydrogens (tertiary/aromatic N) is 3. The van der Waals surface area contributed by atoms with Gasteiger partial charge in [-0.15, -0.1) is 0 Å². The Morgan fingerprint density at radius 1 is 1.09 bits per heavy atom. The van der Waals surface area contributed by atoms with E-state index in [-0.39, 0.29) is 22.5 Å². The van der Waals surface area contributed by atoms with Crippen LogP contribution < -0.4 is 4.74 Å². The highest BCUT2D eigenvalue weighted by molar-refractivity contribution is 7.89. The van der Waals surface area contributed by atoms with Gasteiger partial charge in [-0.25, -0.2) is 8.42 Å². The summed E-state index contributed by atoms with van der Waals surface area (Å²) >= 11 is 0. The second-order valence-electron chi connectivity index (χ2n) is 9.94. The molecule has 0 aliphatic carbocycles. The number of carbonyl (C=O) groups is 1. The monoisotopic (exact) mass is 501 g/mol. The van der Waals surface area contributed by atoms with E-state index in [1.807, 2.05) is 29.2 Å². The van der Waals surface area contributed by atoms with Crippen LogP contribution in [0.1, 0.15) is 50.1 Å². The Labute approximate surface area is 208 Å². The lowest BCUT2D eigenvalue weighted by atomic mass is 9.89. The van der Waals surface area contributed by atoms with E-state index in [1.165, 1.54) is 4.31 Å². The van der Waals surface area contributed by atoms with Crippen molar-refractivity contribution < 1.29 is 22.5 Å². The van der Waals surface area contributed by atoms with E-state index in [1.54, 1.807) is 26.2 Å². The molecule has 2 aromatic rings. The highest BCUT2D eigenvalue weighted by Gasteiger charge is 2.37. The first-order chi connectivity index (χ1) is 16.7. The lowest BCUT2D eigenvalue weighted by molar-refractivity contribution is -0.139. The molecule has 0 saturated carbocycles. The van der Waals surface area contributed by atoms with Gasteiger partial charge in [-0.1, -0.05) is 37.2 Å². The van der Waals surface area contributed by atoms with E-state index in [9.17, 15) is 13.2 Å². The number of hydrogen-bond acceptors (Lipinski definition) is 6. The van der Waals surface area contributed by atoms with Gasteiger partial charge in [-0.3, -0.25) is 4.79 Å². The summed E-state index contributed by atoms with van der Waals surface area (Å²) in [4.78, 5) is 15.2. The lowest BCUT2D eigenvalue weighted by Gasteiger charge is -2.39. The number of ether oxygens (including phenoxy) is 1. The van der Waals surface area contributed by atoms with Gasteiger partial charge in [0.25, 0.3) is 0 Å². The normalized spacial score (nSPS) is 22.6. The van der Waals surface area contributed by atoms with Crippen LogP contribution in [0.4, 0.5) is 0 Å². The van der Waals surface area contributed by atoms with Crippen LogP contribution in [0.15, 0.2) is 33.7 Å². The first-order valence-electron chi connectivity index (χ1n) is 12.3. The van der Waals surface area contributed by atoms with Gasteiger partial charge in [0.1, 0.15) is 11.4 Å². The molecular weight excluding hydrogens is 466 g/mol. The fraction of sp³-hybridized carbons (Fsp3) is 0.538. The largest absolute Gasteiger partial charge is 0.497 e. The Morgan fingerprint density at radius 2 is 1.71 bits per heavy atom. The van der Waals surface area contributed by atoms with Crippen LogP contribution in [0, 0.1) is 24.7 Å². The van der Waals surface area contributed by atoms with Crippen molar-refractivity contribution in [2.24, 2.45) is 17.8 Å². The minimum absolute atomic E-state index is 0.0886. The first kappa shape index (κ1) is 25.4. The molecule has 2 atom stereocenters. The molecule has 2 aliphatic rings. The second kappa shape index (κ2) is 10.5. The minimum atomic E-state index is -3.81. The molecule has 2 saturated heterocycles. The maximum absolute atomic E-state index is 13.5. The second-order valence-corrected chi connectivity index (χ2v) is 11.8. The van der Waals surface area contributed by atoms with Crippen molar-refractivity contribution in [3.05, 3.63) is 41.3 Å². The van der Waals surface area contributed by atoms with Gasteiger partial charge in [0, 0.05) is 32.1 Å². The molecule has 1 aromatic carbocycles. The highest BCUT2D eigenvalue weighted by atomic mass is 32.2. The molecule has 2 aliphatic heterocycles. The number of piperidine rings is 2. The third-order valence-electron chi connectivity index (χ3n) is 6.96. The average Bonchev–Trinajstić information content (AvgIpc) is 3.23. The van der Waals surface area contributed by atoms with Crippen molar-refractivity contribution in [2.45, 2.75) is 44.9 Å². The number of aryl methyl sites for hydroxylation is 1. The summed E-state index contributed by atoms with van der Waals surface area (Å²) in [6.45, 7) is 8.22. The topological polar surface area (TPSA) is 93.0 Å². The molecule has 9 heteroatoms. The fourth-order valence-corrected chi connectivity index (χ4v) is 6.98. The van der Waals surface area contributed by atoms with Crippen LogP contribution in [-0.4, -0.2) is 62.0 Å². The molecule has 35 heavy (non-hydrogen) atoms. The molecule has 190 valence electrons. The van der Waals surface area contributed by atoms with Gasteiger partial charge in [0.05, 0.1) is 7.11 Å². The maximum atomic E-state index is 13.5. The van der Waals surface area contributed by atoms with Crippen molar-refractivity contribution in [2.75, 3.05) is 33.3 Å². The smallest absolute Gasteiger partial charge is 0.248 e. The maximum Gasteiger partial charge on any atom is 0.248 e. The molecule has 1 amide bonds. The summed E-state index contributed by atoms with van der Waals surface area (Å²) in [5, 5.41) is 3.92. The molecule has 0 spiro atoms. The third kappa shape index (κ3) is 5.62. The minimum Gasteiger partial charge on any atom is -0.497 e. The molecule has 3 heterocycles. The molecular formula is C26H35N3O5S. The first-order valence-corrected chi connectivity index (χ1v) is 13.7. The van der Waals surface area contributed by atoms with E-state index in [0.717, 1.165) is 30.8 Å². The summed E-state index contributed by atoms with van der Waals surface area (Å²) < 4.78 is 39.1. The summed E-state index contributed by atoms with van der Waals surface area (Å²) in [7, 11) is -2.20. The predicted octanol–water partition coefficient (Wildman–Crippen LogP) is 4.07. The van der Waals surface area contributed by atoms with Crippen molar-refractivity contribution in [1.82, 2.24) is 14.4 Å². The predicted molar refractivity (Wildman–Crippen MR) is 134 cm³/mol. The van der Waals surface area contributed by atoms with Gasteiger partial charge in [-0.05, 0) is 61.8 Å². The van der Waals surface area contributed by atoms with Gasteiger partial charge in [0.15, 0.2) is 10.7 Å². The Hall–Kier alpha value is -2.65. The van der Waals surface area contributed by atoms with Gasteiger partial charge < -0.3 is 14.2 Å². The van der Waals surface area contributed by atoms with E-state index < -0.39 is 10.0 Å². The number of sulfonamides is 1. The van der Waals surface area contributed by atoms with Crippen LogP contribution in [0.2, 0.25) is 0 Å². The van der Waals surface area contributed by atoms with Gasteiger partial charge >= 0.3 is 0 Å². The van der Waals surface area contributed by atoms with Crippen LogP contribution in [0.5, 0.6) is 5.75 Å². The number of carbonyl (C=O) groups excluding carboxylic acids is 1. The average molecular weight is 502 g/mol. The van der Waals surface area contributed by atoms with Crippen molar-refractivity contribution in [3.63, 3.8) is 0 Å². The Kier molecular flexibility index (Phi) is 7.66. The Bertz CT molecular complexity index is 1150. The number of benzene rings is 1. The van der Waals surface area contributed by atoms with E-state index >= 15 is 0 Å². The number of hydrogen-bond donors (Lipinski definition) is 0. The van der Waals surface area contributed by atoms with Crippen LogP contribution >= 0.6 is 0 Å². The quantitative estimate of drug-likeness (QED) is 0.593. The van der Waals surface area contributed by atoms with Crippen molar-refractivity contribution in [1.29, 1.82) is 0 Å². The van der Waals surface area contributed by atoms with Gasteiger partial charge in [-0.2, -0.15) is 4.31 Å². The third-order valence-corrected chi connectivity index (χ3v) is 9.02. The molecule has 2 unspecified atom stereocenters. The standard InChI is InChI=1S/C26H35N3O5S/c1-18-15-19(2)17-28(16-18)26(30)22-11-13-29(14-12-22)35(31,32)25-20(3)27-34-24(25)10-7-21-5-8-23(33-4)9-6-21/h5-10,18-19,22H,11-17H2,1-4H3/b10-7-. The van der Waals surface area contributed by atoms with Crippen molar-refractivity contribution >= 4 is 28.1 Å².